The topological polar surface area (TPSA) is 0 Å². The maximum absolute atomic E-state index is 4.77. The van der Waals surface area contributed by atoms with Crippen molar-refractivity contribution in [1.29, 1.82) is 0 Å². The third-order valence-corrected chi connectivity index (χ3v) is 5.73. The number of rotatable bonds is 3. The van der Waals surface area contributed by atoms with Crippen LogP contribution < -0.4 is 0 Å². The van der Waals surface area contributed by atoms with Gasteiger partial charge in [-0.2, -0.15) is 0 Å². The summed E-state index contributed by atoms with van der Waals surface area (Å²) in [6, 6.07) is 8.94. The fourth-order valence-corrected chi connectivity index (χ4v) is 4.47. The van der Waals surface area contributed by atoms with Gasteiger partial charge in [0.25, 0.3) is 0 Å². The molecule has 3 rings (SSSR count). The normalized spacial score (nSPS) is 25.5. The first-order chi connectivity index (χ1) is 10.0. The molecule has 0 saturated heterocycles. The second-order valence-electron chi connectivity index (χ2n) is 7.01. The van der Waals surface area contributed by atoms with Crippen LogP contribution >= 0.6 is 12.6 Å². The van der Waals surface area contributed by atoms with Gasteiger partial charge in [-0.25, -0.2) is 0 Å². The van der Waals surface area contributed by atoms with E-state index in [9.17, 15) is 0 Å². The quantitative estimate of drug-likeness (QED) is 0.662. The van der Waals surface area contributed by atoms with E-state index in [0.717, 1.165) is 18.3 Å². The minimum atomic E-state index is 0.781. The summed E-state index contributed by atoms with van der Waals surface area (Å²) in [6.07, 6.45) is 6.19. The van der Waals surface area contributed by atoms with Crippen LogP contribution in [0.1, 0.15) is 50.7 Å². The minimum absolute atomic E-state index is 0.781. The van der Waals surface area contributed by atoms with Crippen LogP contribution in [0.4, 0.5) is 0 Å². The van der Waals surface area contributed by atoms with E-state index >= 15 is 0 Å². The number of aryl methyl sites for hydroxylation is 2. The summed E-state index contributed by atoms with van der Waals surface area (Å²) in [7, 11) is 0. The van der Waals surface area contributed by atoms with E-state index in [1.165, 1.54) is 47.3 Å². The lowest BCUT2D eigenvalue weighted by atomic mass is 9.82. The summed E-state index contributed by atoms with van der Waals surface area (Å²) in [4.78, 5) is 1.33. The van der Waals surface area contributed by atoms with Gasteiger partial charge in [-0.15, -0.1) is 12.6 Å². The molecule has 1 fully saturated rings. The summed E-state index contributed by atoms with van der Waals surface area (Å²) in [5.74, 6) is 1.63. The van der Waals surface area contributed by atoms with Gasteiger partial charge in [0.15, 0.2) is 0 Å². The van der Waals surface area contributed by atoms with Crippen LogP contribution in [-0.2, 0) is 6.42 Å². The number of thiol groups is 1. The average Bonchev–Trinajstić information content (AvgIpc) is 2.79. The third-order valence-electron chi connectivity index (χ3n) is 5.21. The Kier molecular flexibility index (Phi) is 4.31. The van der Waals surface area contributed by atoms with Gasteiger partial charge in [-0.3, -0.25) is 0 Å². The highest BCUT2D eigenvalue weighted by atomic mass is 32.1. The molecule has 2 unspecified atom stereocenters. The van der Waals surface area contributed by atoms with Crippen molar-refractivity contribution in [2.75, 3.05) is 0 Å². The van der Waals surface area contributed by atoms with Crippen LogP contribution in [0.2, 0.25) is 0 Å². The van der Waals surface area contributed by atoms with Crippen LogP contribution in [0.25, 0.3) is 0 Å². The highest BCUT2D eigenvalue weighted by molar-refractivity contribution is 7.84. The van der Waals surface area contributed by atoms with E-state index < -0.39 is 0 Å². The molecule has 0 heterocycles. The monoisotopic (exact) mass is 298 g/mol. The predicted molar refractivity (Wildman–Crippen MR) is 94.7 cm³/mol. The van der Waals surface area contributed by atoms with Gasteiger partial charge in [0.1, 0.15) is 0 Å². The maximum Gasteiger partial charge on any atom is -0.0146 e. The molecular weight excluding hydrogens is 272 g/mol. The molecule has 1 aromatic carbocycles. The van der Waals surface area contributed by atoms with Crippen molar-refractivity contribution in [3.05, 3.63) is 57.0 Å². The largest absolute Gasteiger partial charge is 0.148 e. The van der Waals surface area contributed by atoms with Crippen LogP contribution in [0.3, 0.4) is 0 Å². The first-order valence-corrected chi connectivity index (χ1v) is 8.66. The highest BCUT2D eigenvalue weighted by Crippen LogP contribution is 2.48. The van der Waals surface area contributed by atoms with Gasteiger partial charge in [0, 0.05) is 0 Å². The summed E-state index contributed by atoms with van der Waals surface area (Å²) in [5.41, 5.74) is 7.67. The SMILES string of the molecule is CC1=C(S)CC2CC(C)CC2=C1CCc1cccc(C)c1. The zero-order valence-electron chi connectivity index (χ0n) is 13.4. The summed E-state index contributed by atoms with van der Waals surface area (Å²) in [5, 5.41) is 0. The molecule has 2 atom stereocenters. The van der Waals surface area contributed by atoms with Crippen LogP contribution in [-0.4, -0.2) is 0 Å². The number of fused-ring (bicyclic) bond motifs is 1. The number of allylic oxidation sites excluding steroid dienone is 4. The Hall–Kier alpha value is -0.950. The molecule has 2 aliphatic carbocycles. The minimum Gasteiger partial charge on any atom is -0.148 e. The molecule has 0 N–H and O–H groups in total. The number of hydrogen-bond acceptors (Lipinski definition) is 1. The predicted octanol–water partition coefficient (Wildman–Crippen LogP) is 5.88. The van der Waals surface area contributed by atoms with Crippen molar-refractivity contribution in [3.8, 4) is 0 Å². The Morgan fingerprint density at radius 1 is 1.14 bits per heavy atom. The van der Waals surface area contributed by atoms with Crippen molar-refractivity contribution < 1.29 is 0 Å². The molecule has 1 saturated carbocycles. The second kappa shape index (κ2) is 6.04. The van der Waals surface area contributed by atoms with Gasteiger partial charge in [-0.1, -0.05) is 42.3 Å². The van der Waals surface area contributed by atoms with Crippen LogP contribution in [0.5, 0.6) is 0 Å². The van der Waals surface area contributed by atoms with Gasteiger partial charge in [0.2, 0.25) is 0 Å². The van der Waals surface area contributed by atoms with E-state index in [0.29, 0.717) is 0 Å². The number of benzene rings is 1. The van der Waals surface area contributed by atoms with E-state index in [1.54, 1.807) is 11.1 Å². The second-order valence-corrected chi connectivity index (χ2v) is 7.55. The molecule has 0 spiro atoms. The zero-order valence-corrected chi connectivity index (χ0v) is 14.3. The fraction of sp³-hybridized carbons (Fsp3) is 0.500. The lowest BCUT2D eigenvalue weighted by Crippen LogP contribution is -2.09. The van der Waals surface area contributed by atoms with Crippen molar-refractivity contribution in [1.82, 2.24) is 0 Å². The zero-order chi connectivity index (χ0) is 15.0. The van der Waals surface area contributed by atoms with Crippen LogP contribution in [0.15, 0.2) is 45.9 Å². The Morgan fingerprint density at radius 3 is 2.71 bits per heavy atom. The van der Waals surface area contributed by atoms with E-state index in [4.69, 9.17) is 12.6 Å². The molecule has 112 valence electrons. The molecular formula is C20H26S. The molecule has 1 aromatic rings. The van der Waals surface area contributed by atoms with Gasteiger partial charge < -0.3 is 0 Å². The van der Waals surface area contributed by atoms with Crippen molar-refractivity contribution in [2.24, 2.45) is 11.8 Å². The lowest BCUT2D eigenvalue weighted by Gasteiger charge is -2.26. The maximum atomic E-state index is 4.77. The Labute approximate surface area is 134 Å². The van der Waals surface area contributed by atoms with E-state index in [1.807, 2.05) is 0 Å². The first-order valence-electron chi connectivity index (χ1n) is 8.21. The molecule has 0 radical (unpaired) electrons. The molecule has 0 aromatic heterocycles. The standard InChI is InChI=1S/C20H26S/c1-13-5-4-6-16(9-13)7-8-18-15(3)20(21)12-17-10-14(2)11-19(17)18/h4-6,9,14,17,21H,7-8,10-12H2,1-3H3. The lowest BCUT2D eigenvalue weighted by molar-refractivity contribution is 0.534. The molecule has 1 heteroatoms. The Morgan fingerprint density at radius 2 is 1.95 bits per heavy atom. The fourth-order valence-electron chi connectivity index (χ4n) is 4.12. The Bertz CT molecular complexity index is 606. The Balaban J connectivity index is 1.83. The van der Waals surface area contributed by atoms with Gasteiger partial charge in [-0.05, 0) is 79.4 Å². The van der Waals surface area contributed by atoms with Crippen molar-refractivity contribution >= 4 is 12.6 Å². The first kappa shape index (κ1) is 15.0. The molecule has 0 aliphatic heterocycles. The summed E-state index contributed by atoms with van der Waals surface area (Å²) in [6.45, 7) is 6.86. The average molecular weight is 298 g/mol. The van der Waals surface area contributed by atoms with Crippen LogP contribution in [0, 0.1) is 18.8 Å². The molecule has 0 bridgehead atoms. The number of hydrogen-bond donors (Lipinski definition) is 1. The third kappa shape index (κ3) is 3.13. The molecule has 2 aliphatic rings. The van der Waals surface area contributed by atoms with Gasteiger partial charge in [0.05, 0.1) is 0 Å². The van der Waals surface area contributed by atoms with E-state index in [-0.39, 0.29) is 0 Å². The molecule has 0 amide bonds. The molecule has 0 nitrogen and oxygen atoms in total. The van der Waals surface area contributed by atoms with Crippen molar-refractivity contribution in [2.45, 2.75) is 52.9 Å². The summed E-state index contributed by atoms with van der Waals surface area (Å²) >= 11 is 4.77. The summed E-state index contributed by atoms with van der Waals surface area (Å²) < 4.78 is 0. The van der Waals surface area contributed by atoms with Crippen molar-refractivity contribution in [3.63, 3.8) is 0 Å². The molecule has 21 heavy (non-hydrogen) atoms. The highest BCUT2D eigenvalue weighted by Gasteiger charge is 2.32. The van der Waals surface area contributed by atoms with E-state index in [2.05, 4.69) is 45.0 Å². The smallest absolute Gasteiger partial charge is 0.0146 e. The van der Waals surface area contributed by atoms with Gasteiger partial charge >= 0.3 is 0 Å².